The average Bonchev–Trinajstić information content (AvgIpc) is 3.51. The molecule has 2 heterocycles. The molecule has 6 fully saturated rings. The molecule has 1 aromatic carbocycles. The van der Waals surface area contributed by atoms with Crippen molar-refractivity contribution < 1.29 is 18.0 Å². The van der Waals surface area contributed by atoms with Crippen LogP contribution in [0.5, 0.6) is 0 Å². The van der Waals surface area contributed by atoms with Crippen LogP contribution in [0.25, 0.3) is 0 Å². The first-order chi connectivity index (χ1) is 16.3. The smallest absolute Gasteiger partial charge is 0.247 e. The molecule has 0 aromatic heterocycles. The third-order valence-electron chi connectivity index (χ3n) is 9.13. The number of rotatable bonds is 5. The number of anilines is 1. The van der Waals surface area contributed by atoms with E-state index in [1.807, 2.05) is 4.90 Å². The second-order valence-corrected chi connectivity index (χ2v) is 13.4. The molecule has 4 bridgehead atoms. The van der Waals surface area contributed by atoms with Gasteiger partial charge in [0, 0.05) is 25.3 Å². The number of sulfonamides is 1. The summed E-state index contributed by atoms with van der Waals surface area (Å²) in [5.74, 6) is 2.14. The number of hydrogen-bond donors (Lipinski definition) is 1. The summed E-state index contributed by atoms with van der Waals surface area (Å²) in [7, 11) is -3.47. The summed E-state index contributed by atoms with van der Waals surface area (Å²) in [6.07, 6.45) is 10.2. The van der Waals surface area contributed by atoms with E-state index in [1.54, 1.807) is 24.3 Å². The first-order valence-corrected chi connectivity index (χ1v) is 14.5. The number of hydrogen-bond acceptors (Lipinski definition) is 4. The highest BCUT2D eigenvalue weighted by atomic mass is 32.2. The van der Waals surface area contributed by atoms with Gasteiger partial charge < -0.3 is 10.2 Å². The van der Waals surface area contributed by atoms with Crippen LogP contribution in [0, 0.1) is 23.2 Å². The third kappa shape index (κ3) is 3.77. The minimum absolute atomic E-state index is 0.161. The van der Waals surface area contributed by atoms with E-state index < -0.39 is 16.1 Å². The Kier molecular flexibility index (Phi) is 5.52. The van der Waals surface area contributed by atoms with E-state index in [0.29, 0.717) is 49.5 Å². The minimum Gasteiger partial charge on any atom is -0.330 e. The molecule has 2 aliphatic heterocycles. The highest BCUT2D eigenvalue weighted by Gasteiger charge is 2.56. The molecule has 2 amide bonds. The predicted octanol–water partition coefficient (Wildman–Crippen LogP) is 3.62. The van der Waals surface area contributed by atoms with Gasteiger partial charge in [-0.2, -0.15) is 4.31 Å². The standard InChI is InChI=1S/C26H35N3O4S/c30-24(27-21-5-7-22(8-6-21)34(32,33)28-9-1-2-10-28)23-4-3-11-29(23)25(31)26-15-18-12-19(16-26)14-20(13-18)17-26/h5-8,18-20,23H,1-4,9-17H2,(H,27,30)/t18?,19?,20?,23-,26?/m0/s1. The molecule has 4 aliphatic carbocycles. The van der Waals surface area contributed by atoms with Crippen LogP contribution < -0.4 is 5.32 Å². The Balaban J connectivity index is 1.14. The average molecular weight is 486 g/mol. The van der Waals surface area contributed by atoms with Gasteiger partial charge in [0.25, 0.3) is 0 Å². The van der Waals surface area contributed by atoms with E-state index in [0.717, 1.165) is 38.5 Å². The summed E-state index contributed by atoms with van der Waals surface area (Å²) in [5, 5.41) is 2.95. The lowest BCUT2D eigenvalue weighted by Gasteiger charge is -2.56. The lowest BCUT2D eigenvalue weighted by atomic mass is 9.49. The van der Waals surface area contributed by atoms with Crippen LogP contribution in [-0.2, 0) is 19.6 Å². The number of nitrogens with zero attached hydrogens (tertiary/aromatic N) is 2. The molecular weight excluding hydrogens is 450 g/mol. The van der Waals surface area contributed by atoms with Gasteiger partial charge in [-0.05, 0) is 106 Å². The summed E-state index contributed by atoms with van der Waals surface area (Å²) in [6.45, 7) is 1.79. The zero-order valence-corrected chi connectivity index (χ0v) is 20.6. The van der Waals surface area contributed by atoms with E-state index in [9.17, 15) is 18.0 Å². The molecule has 0 radical (unpaired) electrons. The van der Waals surface area contributed by atoms with Gasteiger partial charge in [0.2, 0.25) is 21.8 Å². The number of likely N-dealkylation sites (tertiary alicyclic amines) is 1. The van der Waals surface area contributed by atoms with Crippen molar-refractivity contribution in [2.24, 2.45) is 23.2 Å². The molecule has 6 aliphatic rings. The van der Waals surface area contributed by atoms with E-state index in [1.165, 1.54) is 23.6 Å². The first kappa shape index (κ1) is 22.5. The molecule has 0 spiro atoms. The maximum atomic E-state index is 13.8. The molecule has 7 nitrogen and oxygen atoms in total. The molecule has 1 N–H and O–H groups in total. The van der Waals surface area contributed by atoms with Crippen molar-refractivity contribution in [3.63, 3.8) is 0 Å². The van der Waals surface area contributed by atoms with Gasteiger partial charge in [-0.3, -0.25) is 9.59 Å². The van der Waals surface area contributed by atoms with Crippen LogP contribution >= 0.6 is 0 Å². The number of benzene rings is 1. The summed E-state index contributed by atoms with van der Waals surface area (Å²) < 4.78 is 27.0. The fourth-order valence-corrected chi connectivity index (χ4v) is 9.49. The summed E-state index contributed by atoms with van der Waals surface area (Å²) >= 11 is 0. The van der Waals surface area contributed by atoms with Gasteiger partial charge in [0.1, 0.15) is 6.04 Å². The molecule has 8 heteroatoms. The van der Waals surface area contributed by atoms with Crippen molar-refractivity contribution in [1.82, 2.24) is 9.21 Å². The van der Waals surface area contributed by atoms with Gasteiger partial charge in [0.15, 0.2) is 0 Å². The molecule has 1 atom stereocenters. The molecule has 184 valence electrons. The highest BCUT2D eigenvalue weighted by molar-refractivity contribution is 7.89. The molecule has 7 rings (SSSR count). The Bertz CT molecular complexity index is 1040. The van der Waals surface area contributed by atoms with Crippen molar-refractivity contribution in [2.75, 3.05) is 25.0 Å². The van der Waals surface area contributed by atoms with E-state index in [4.69, 9.17) is 0 Å². The maximum Gasteiger partial charge on any atom is 0.247 e. The first-order valence-electron chi connectivity index (χ1n) is 13.1. The largest absolute Gasteiger partial charge is 0.330 e. The second-order valence-electron chi connectivity index (χ2n) is 11.5. The van der Waals surface area contributed by atoms with Crippen molar-refractivity contribution in [3.8, 4) is 0 Å². The SMILES string of the molecule is O=C(Nc1ccc(S(=O)(=O)N2CCCC2)cc1)[C@@H]1CCCN1C(=O)C12CC3CC(CC(C3)C1)C2. The van der Waals surface area contributed by atoms with Crippen molar-refractivity contribution in [3.05, 3.63) is 24.3 Å². The second kappa shape index (κ2) is 8.33. The molecule has 0 unspecified atom stereocenters. The van der Waals surface area contributed by atoms with Crippen LogP contribution in [0.4, 0.5) is 5.69 Å². The third-order valence-corrected chi connectivity index (χ3v) is 11.0. The minimum atomic E-state index is -3.47. The van der Waals surface area contributed by atoms with Crippen LogP contribution in [0.3, 0.4) is 0 Å². The monoisotopic (exact) mass is 485 g/mol. The number of carbonyl (C=O) groups is 2. The van der Waals surface area contributed by atoms with Gasteiger partial charge in [0.05, 0.1) is 10.3 Å². The van der Waals surface area contributed by atoms with Crippen molar-refractivity contribution in [1.29, 1.82) is 0 Å². The van der Waals surface area contributed by atoms with Gasteiger partial charge >= 0.3 is 0 Å². The molecule has 34 heavy (non-hydrogen) atoms. The zero-order chi connectivity index (χ0) is 23.5. The van der Waals surface area contributed by atoms with Gasteiger partial charge in [-0.25, -0.2) is 8.42 Å². The highest BCUT2D eigenvalue weighted by Crippen LogP contribution is 2.60. The van der Waals surface area contributed by atoms with Gasteiger partial charge in [-0.1, -0.05) is 0 Å². The number of nitrogens with one attached hydrogen (secondary N) is 1. The quantitative estimate of drug-likeness (QED) is 0.690. The fourth-order valence-electron chi connectivity index (χ4n) is 7.97. The molecule has 4 saturated carbocycles. The molecule has 1 aromatic rings. The van der Waals surface area contributed by atoms with Crippen LogP contribution in [-0.4, -0.2) is 55.1 Å². The Morgan fingerprint density at radius 1 is 0.853 bits per heavy atom. The normalized spacial score (nSPS) is 35.1. The van der Waals surface area contributed by atoms with Crippen LogP contribution in [0.15, 0.2) is 29.2 Å². The number of carbonyl (C=O) groups excluding carboxylic acids is 2. The molecular formula is C26H35N3O4S. The summed E-state index contributed by atoms with van der Waals surface area (Å²) in [5.41, 5.74) is 0.336. The lowest BCUT2D eigenvalue weighted by molar-refractivity contribution is -0.160. The van der Waals surface area contributed by atoms with Crippen LogP contribution in [0.2, 0.25) is 0 Å². The van der Waals surface area contributed by atoms with E-state index >= 15 is 0 Å². The number of amides is 2. The Hall–Kier alpha value is -1.93. The van der Waals surface area contributed by atoms with E-state index in [-0.39, 0.29) is 22.1 Å². The van der Waals surface area contributed by atoms with Crippen molar-refractivity contribution in [2.45, 2.75) is 75.1 Å². The Morgan fingerprint density at radius 3 is 2.03 bits per heavy atom. The summed E-state index contributed by atoms with van der Waals surface area (Å²) in [6, 6.07) is 6.00. The zero-order valence-electron chi connectivity index (χ0n) is 19.7. The fraction of sp³-hybridized carbons (Fsp3) is 0.692. The van der Waals surface area contributed by atoms with Crippen molar-refractivity contribution >= 4 is 27.5 Å². The lowest BCUT2D eigenvalue weighted by Crippen LogP contribution is -2.56. The van der Waals surface area contributed by atoms with Crippen LogP contribution in [0.1, 0.15) is 64.2 Å². The maximum absolute atomic E-state index is 13.8. The van der Waals surface area contributed by atoms with E-state index in [2.05, 4.69) is 5.32 Å². The predicted molar refractivity (Wildman–Crippen MR) is 128 cm³/mol. The Labute approximate surface area is 202 Å². The Morgan fingerprint density at radius 2 is 1.44 bits per heavy atom. The molecule has 2 saturated heterocycles. The van der Waals surface area contributed by atoms with Gasteiger partial charge in [-0.15, -0.1) is 0 Å². The topological polar surface area (TPSA) is 86.8 Å². The summed E-state index contributed by atoms with van der Waals surface area (Å²) in [4.78, 5) is 29.2.